The highest BCUT2D eigenvalue weighted by molar-refractivity contribution is 5.60. The number of hydrogen-bond acceptors (Lipinski definition) is 4. The van der Waals surface area contributed by atoms with Crippen molar-refractivity contribution in [3.05, 3.63) is 18.3 Å². The summed E-state index contributed by atoms with van der Waals surface area (Å²) < 4.78 is 4.98. The van der Waals surface area contributed by atoms with Gasteiger partial charge in [0.1, 0.15) is 0 Å². The van der Waals surface area contributed by atoms with Crippen molar-refractivity contribution in [1.29, 1.82) is 0 Å². The summed E-state index contributed by atoms with van der Waals surface area (Å²) in [5, 5.41) is 0. The van der Waals surface area contributed by atoms with Gasteiger partial charge in [0.15, 0.2) is 6.39 Å². The molecule has 0 N–H and O–H groups in total. The van der Waals surface area contributed by atoms with Crippen LogP contribution < -0.4 is 0 Å². The zero-order valence-corrected chi connectivity index (χ0v) is 6.11. The molecule has 11 heavy (non-hydrogen) atoms. The fraction of sp³-hybridized carbons (Fsp3) is 0.286. The summed E-state index contributed by atoms with van der Waals surface area (Å²) in [6.45, 7) is 2.02. The maximum absolute atomic E-state index is 4.98. The Labute approximate surface area is 63.3 Å². The minimum Gasteiger partial charge on any atom is -0.424 e. The van der Waals surface area contributed by atoms with Crippen LogP contribution in [0.1, 0.15) is 12.6 Å². The lowest BCUT2D eigenvalue weighted by molar-refractivity contribution is 0.588. The molecule has 2 aromatic rings. The Morgan fingerprint density at radius 2 is 2.36 bits per heavy atom. The fourth-order valence-corrected chi connectivity index (χ4v) is 0.864. The summed E-state index contributed by atoms with van der Waals surface area (Å²) in [5.41, 5.74) is 2.01. The predicted molar refractivity (Wildman–Crippen MR) is 39.0 cm³/mol. The van der Waals surface area contributed by atoms with Crippen LogP contribution in [0.15, 0.2) is 17.0 Å². The molecular formula is C7H7N3O. The molecule has 0 bridgehead atoms. The van der Waals surface area contributed by atoms with E-state index in [4.69, 9.17) is 4.42 Å². The molecule has 0 fully saturated rings. The highest BCUT2D eigenvalue weighted by Crippen LogP contribution is 2.06. The summed E-state index contributed by atoms with van der Waals surface area (Å²) in [7, 11) is 0. The molecule has 0 unspecified atom stereocenters. The highest BCUT2D eigenvalue weighted by atomic mass is 16.3. The van der Waals surface area contributed by atoms with E-state index in [2.05, 4.69) is 15.0 Å². The normalized spacial score (nSPS) is 10.6. The number of nitrogens with zero attached hydrogens (tertiary/aromatic N) is 3. The van der Waals surface area contributed by atoms with Crippen molar-refractivity contribution < 1.29 is 4.42 Å². The maximum atomic E-state index is 4.98. The SMILES string of the molecule is CCc1cnc2ncoc2n1. The number of hydrogen-bond donors (Lipinski definition) is 0. The van der Waals surface area contributed by atoms with Gasteiger partial charge in [0.2, 0.25) is 5.65 Å². The second kappa shape index (κ2) is 2.30. The third-order valence-corrected chi connectivity index (χ3v) is 1.47. The van der Waals surface area contributed by atoms with Crippen LogP contribution in [0.5, 0.6) is 0 Å². The predicted octanol–water partition coefficient (Wildman–Crippen LogP) is 1.18. The average Bonchev–Trinajstić information content (AvgIpc) is 2.50. The lowest BCUT2D eigenvalue weighted by Crippen LogP contribution is -1.88. The Balaban J connectivity index is 2.67. The second-order valence-corrected chi connectivity index (χ2v) is 2.20. The molecule has 2 heterocycles. The van der Waals surface area contributed by atoms with Crippen LogP contribution in [-0.4, -0.2) is 15.0 Å². The smallest absolute Gasteiger partial charge is 0.266 e. The highest BCUT2D eigenvalue weighted by Gasteiger charge is 2.00. The lowest BCUT2D eigenvalue weighted by Gasteiger charge is -1.90. The van der Waals surface area contributed by atoms with E-state index in [0.29, 0.717) is 11.4 Å². The quantitative estimate of drug-likeness (QED) is 0.610. The van der Waals surface area contributed by atoms with Gasteiger partial charge in [-0.2, -0.15) is 4.98 Å². The minimum absolute atomic E-state index is 0.518. The summed E-state index contributed by atoms with van der Waals surface area (Å²) in [5.74, 6) is 0. The van der Waals surface area contributed by atoms with E-state index in [1.807, 2.05) is 6.92 Å². The van der Waals surface area contributed by atoms with Crippen molar-refractivity contribution >= 4 is 11.4 Å². The number of fused-ring (bicyclic) bond motifs is 1. The van der Waals surface area contributed by atoms with Gasteiger partial charge in [-0.25, -0.2) is 9.97 Å². The van der Waals surface area contributed by atoms with E-state index in [1.54, 1.807) is 6.20 Å². The minimum atomic E-state index is 0.518. The molecule has 0 aromatic carbocycles. The van der Waals surface area contributed by atoms with E-state index in [0.717, 1.165) is 12.1 Å². The van der Waals surface area contributed by atoms with Gasteiger partial charge >= 0.3 is 0 Å². The van der Waals surface area contributed by atoms with Crippen molar-refractivity contribution in [3.63, 3.8) is 0 Å². The van der Waals surface area contributed by atoms with E-state index < -0.39 is 0 Å². The van der Waals surface area contributed by atoms with E-state index in [1.165, 1.54) is 6.39 Å². The molecule has 4 nitrogen and oxygen atoms in total. The van der Waals surface area contributed by atoms with Crippen molar-refractivity contribution in [2.75, 3.05) is 0 Å². The Bertz CT molecular complexity index is 368. The average molecular weight is 149 g/mol. The van der Waals surface area contributed by atoms with Crippen LogP contribution in [0.4, 0.5) is 0 Å². The fourth-order valence-electron chi connectivity index (χ4n) is 0.864. The van der Waals surface area contributed by atoms with Crippen LogP contribution >= 0.6 is 0 Å². The molecule has 0 aliphatic heterocycles. The molecule has 4 heteroatoms. The standard InChI is InChI=1S/C7H7N3O/c1-2-5-3-8-6-7(10-5)11-4-9-6/h3-4H,2H2,1H3. The molecule has 2 aromatic heterocycles. The molecule has 0 aliphatic rings. The molecule has 2 rings (SSSR count). The largest absolute Gasteiger partial charge is 0.424 e. The Morgan fingerprint density at radius 3 is 3.18 bits per heavy atom. The first-order chi connectivity index (χ1) is 5.40. The topological polar surface area (TPSA) is 51.8 Å². The van der Waals surface area contributed by atoms with E-state index in [9.17, 15) is 0 Å². The molecule has 0 spiro atoms. The molecule has 0 amide bonds. The number of rotatable bonds is 1. The Morgan fingerprint density at radius 1 is 1.45 bits per heavy atom. The first-order valence-corrected chi connectivity index (χ1v) is 3.45. The summed E-state index contributed by atoms with van der Waals surface area (Å²) in [6, 6.07) is 0. The second-order valence-electron chi connectivity index (χ2n) is 2.20. The first kappa shape index (κ1) is 6.27. The van der Waals surface area contributed by atoms with E-state index >= 15 is 0 Å². The molecule has 0 saturated carbocycles. The van der Waals surface area contributed by atoms with Crippen LogP contribution in [0.2, 0.25) is 0 Å². The van der Waals surface area contributed by atoms with Gasteiger partial charge < -0.3 is 4.42 Å². The Hall–Kier alpha value is -1.45. The van der Waals surface area contributed by atoms with Crippen LogP contribution in [0.3, 0.4) is 0 Å². The first-order valence-electron chi connectivity index (χ1n) is 3.45. The molecular weight excluding hydrogens is 142 g/mol. The van der Waals surface area contributed by atoms with Gasteiger partial charge in [-0.05, 0) is 6.42 Å². The monoisotopic (exact) mass is 149 g/mol. The third-order valence-electron chi connectivity index (χ3n) is 1.47. The van der Waals surface area contributed by atoms with Gasteiger partial charge in [-0.15, -0.1) is 0 Å². The number of oxazole rings is 1. The van der Waals surface area contributed by atoms with Crippen molar-refractivity contribution in [3.8, 4) is 0 Å². The number of aryl methyl sites for hydroxylation is 1. The molecule has 0 atom stereocenters. The van der Waals surface area contributed by atoms with Crippen LogP contribution in [0.25, 0.3) is 11.4 Å². The van der Waals surface area contributed by atoms with Crippen LogP contribution in [-0.2, 0) is 6.42 Å². The zero-order valence-electron chi connectivity index (χ0n) is 6.11. The van der Waals surface area contributed by atoms with Gasteiger partial charge in [0.05, 0.1) is 11.9 Å². The van der Waals surface area contributed by atoms with Gasteiger partial charge in [0.25, 0.3) is 5.71 Å². The summed E-state index contributed by atoms with van der Waals surface area (Å²) >= 11 is 0. The molecule has 0 radical (unpaired) electrons. The third kappa shape index (κ3) is 0.960. The summed E-state index contributed by atoms with van der Waals surface area (Å²) in [6.07, 6.45) is 3.93. The molecule has 0 aliphatic carbocycles. The molecule has 56 valence electrons. The van der Waals surface area contributed by atoms with Gasteiger partial charge in [0, 0.05) is 0 Å². The summed E-state index contributed by atoms with van der Waals surface area (Å²) in [4.78, 5) is 12.1. The molecule has 0 saturated heterocycles. The lowest BCUT2D eigenvalue weighted by atomic mass is 10.4. The Kier molecular flexibility index (Phi) is 1.31. The van der Waals surface area contributed by atoms with E-state index in [-0.39, 0.29) is 0 Å². The maximum Gasteiger partial charge on any atom is 0.266 e. The van der Waals surface area contributed by atoms with Gasteiger partial charge in [-0.1, -0.05) is 6.92 Å². The van der Waals surface area contributed by atoms with Crippen molar-refractivity contribution in [1.82, 2.24) is 15.0 Å². The van der Waals surface area contributed by atoms with Crippen molar-refractivity contribution in [2.24, 2.45) is 0 Å². The van der Waals surface area contributed by atoms with Crippen molar-refractivity contribution in [2.45, 2.75) is 13.3 Å². The number of aromatic nitrogens is 3. The van der Waals surface area contributed by atoms with Crippen LogP contribution in [0, 0.1) is 0 Å². The van der Waals surface area contributed by atoms with Gasteiger partial charge in [-0.3, -0.25) is 0 Å². The zero-order chi connectivity index (χ0) is 7.68.